The first-order chi connectivity index (χ1) is 7.08. The fraction of sp³-hybridized carbons (Fsp3) is 0.917. The fourth-order valence-corrected chi connectivity index (χ4v) is 3.34. The van der Waals surface area contributed by atoms with Crippen LogP contribution in [0.25, 0.3) is 0 Å². The zero-order chi connectivity index (χ0) is 11.0. The molecule has 0 aromatic heterocycles. The van der Waals surface area contributed by atoms with Gasteiger partial charge in [0.05, 0.1) is 12.0 Å². The lowest BCUT2D eigenvalue weighted by molar-refractivity contribution is -0.145. The Hall–Kier alpha value is -0.570. The van der Waals surface area contributed by atoms with Crippen LogP contribution in [-0.2, 0) is 4.79 Å². The van der Waals surface area contributed by atoms with Gasteiger partial charge in [0.2, 0.25) is 0 Å². The molecule has 2 bridgehead atoms. The van der Waals surface area contributed by atoms with E-state index >= 15 is 0 Å². The van der Waals surface area contributed by atoms with Crippen molar-refractivity contribution >= 4 is 5.97 Å². The fourth-order valence-electron chi connectivity index (χ4n) is 3.34. The van der Waals surface area contributed by atoms with Crippen molar-refractivity contribution in [2.45, 2.75) is 45.1 Å². The predicted molar refractivity (Wildman–Crippen MR) is 56.4 cm³/mol. The Morgan fingerprint density at radius 3 is 2.60 bits per heavy atom. The van der Waals surface area contributed by atoms with E-state index in [9.17, 15) is 9.90 Å². The summed E-state index contributed by atoms with van der Waals surface area (Å²) >= 11 is 0. The van der Waals surface area contributed by atoms with Crippen molar-refractivity contribution in [3.05, 3.63) is 0 Å². The molecule has 2 aliphatic carbocycles. The van der Waals surface area contributed by atoms with Gasteiger partial charge < -0.3 is 10.2 Å². The van der Waals surface area contributed by atoms with Crippen LogP contribution in [0, 0.1) is 23.7 Å². The number of carboxylic acid groups (broad SMARTS) is 1. The average molecular weight is 212 g/mol. The van der Waals surface area contributed by atoms with Crippen LogP contribution in [0.5, 0.6) is 0 Å². The van der Waals surface area contributed by atoms with Crippen molar-refractivity contribution in [2.75, 3.05) is 0 Å². The van der Waals surface area contributed by atoms with Crippen LogP contribution in [0.15, 0.2) is 0 Å². The molecule has 3 unspecified atom stereocenters. The Morgan fingerprint density at radius 2 is 2.13 bits per heavy atom. The monoisotopic (exact) mass is 212 g/mol. The van der Waals surface area contributed by atoms with Crippen LogP contribution in [-0.4, -0.2) is 22.3 Å². The standard InChI is InChI=1S/C12H20O3/c1-7(12(14)15)11(13)6-10-5-8-2-3-9(10)4-8/h7-11,13H,2-6H2,1H3,(H,14,15)/t7-,8?,9?,10?,11-/m1/s1. The first-order valence-electron chi connectivity index (χ1n) is 5.98. The zero-order valence-corrected chi connectivity index (χ0v) is 9.22. The van der Waals surface area contributed by atoms with Gasteiger partial charge in [-0.05, 0) is 50.4 Å². The Balaban J connectivity index is 1.84. The number of fused-ring (bicyclic) bond motifs is 2. The topological polar surface area (TPSA) is 57.5 Å². The highest BCUT2D eigenvalue weighted by atomic mass is 16.4. The summed E-state index contributed by atoms with van der Waals surface area (Å²) in [6.45, 7) is 1.60. The maximum absolute atomic E-state index is 10.7. The molecule has 3 nitrogen and oxygen atoms in total. The van der Waals surface area contributed by atoms with Crippen LogP contribution < -0.4 is 0 Å². The maximum atomic E-state index is 10.7. The third kappa shape index (κ3) is 2.17. The molecule has 2 aliphatic rings. The van der Waals surface area contributed by atoms with Crippen molar-refractivity contribution in [1.82, 2.24) is 0 Å². The molecule has 0 saturated heterocycles. The highest BCUT2D eigenvalue weighted by molar-refractivity contribution is 5.70. The molecular weight excluding hydrogens is 192 g/mol. The van der Waals surface area contributed by atoms with E-state index in [2.05, 4.69) is 0 Å². The van der Waals surface area contributed by atoms with Crippen LogP contribution in [0.3, 0.4) is 0 Å². The third-order valence-corrected chi connectivity index (χ3v) is 4.40. The summed E-state index contributed by atoms with van der Waals surface area (Å²) in [6.07, 6.45) is 5.21. The summed E-state index contributed by atoms with van der Waals surface area (Å²) in [5.41, 5.74) is 0. The lowest BCUT2D eigenvalue weighted by Gasteiger charge is -2.25. The number of hydrogen-bond donors (Lipinski definition) is 2. The van der Waals surface area contributed by atoms with Gasteiger partial charge in [-0.15, -0.1) is 0 Å². The van der Waals surface area contributed by atoms with E-state index < -0.39 is 18.0 Å². The smallest absolute Gasteiger partial charge is 0.308 e. The molecule has 3 heteroatoms. The lowest BCUT2D eigenvalue weighted by Crippen LogP contribution is -2.29. The van der Waals surface area contributed by atoms with E-state index in [0.717, 1.165) is 11.8 Å². The zero-order valence-electron chi connectivity index (χ0n) is 9.22. The second-order valence-corrected chi connectivity index (χ2v) is 5.36. The Morgan fingerprint density at radius 1 is 1.40 bits per heavy atom. The first-order valence-corrected chi connectivity index (χ1v) is 5.98. The molecule has 0 radical (unpaired) electrons. The number of carboxylic acids is 1. The molecule has 5 atom stereocenters. The maximum Gasteiger partial charge on any atom is 0.308 e. The summed E-state index contributed by atoms with van der Waals surface area (Å²) in [6, 6.07) is 0. The minimum atomic E-state index is -0.884. The van der Waals surface area contributed by atoms with Gasteiger partial charge in [-0.3, -0.25) is 4.79 Å². The second-order valence-electron chi connectivity index (χ2n) is 5.36. The van der Waals surface area contributed by atoms with E-state index in [0.29, 0.717) is 12.3 Å². The molecule has 2 N–H and O–H groups in total. The SMILES string of the molecule is C[C@@H](C(=O)O)[C@H](O)CC1CC2CCC1C2. The minimum Gasteiger partial charge on any atom is -0.481 e. The quantitative estimate of drug-likeness (QED) is 0.748. The summed E-state index contributed by atoms with van der Waals surface area (Å²) in [4.78, 5) is 10.7. The second kappa shape index (κ2) is 4.12. The van der Waals surface area contributed by atoms with Crippen molar-refractivity contribution in [2.24, 2.45) is 23.7 Å². The van der Waals surface area contributed by atoms with Crippen LogP contribution in [0.1, 0.15) is 39.0 Å². The van der Waals surface area contributed by atoms with Gasteiger partial charge in [-0.1, -0.05) is 6.42 Å². The molecule has 0 amide bonds. The number of hydrogen-bond acceptors (Lipinski definition) is 2. The number of carbonyl (C=O) groups is 1. The van der Waals surface area contributed by atoms with Crippen LogP contribution >= 0.6 is 0 Å². The van der Waals surface area contributed by atoms with E-state index in [1.54, 1.807) is 6.92 Å². The number of aliphatic hydroxyl groups excluding tert-OH is 1. The summed E-state index contributed by atoms with van der Waals surface area (Å²) < 4.78 is 0. The molecule has 86 valence electrons. The largest absolute Gasteiger partial charge is 0.481 e. The summed E-state index contributed by atoms with van der Waals surface area (Å²) in [7, 11) is 0. The van der Waals surface area contributed by atoms with Gasteiger partial charge in [-0.25, -0.2) is 0 Å². The Labute approximate surface area is 90.5 Å². The van der Waals surface area contributed by atoms with Gasteiger partial charge in [0.1, 0.15) is 0 Å². The molecule has 0 heterocycles. The molecule has 2 saturated carbocycles. The molecular formula is C12H20O3. The molecule has 2 fully saturated rings. The van der Waals surface area contributed by atoms with Crippen molar-refractivity contribution in [3.63, 3.8) is 0 Å². The molecule has 0 aliphatic heterocycles. The predicted octanol–water partition coefficient (Wildman–Crippen LogP) is 1.89. The van der Waals surface area contributed by atoms with Crippen molar-refractivity contribution in [1.29, 1.82) is 0 Å². The van der Waals surface area contributed by atoms with Gasteiger partial charge in [-0.2, -0.15) is 0 Å². The van der Waals surface area contributed by atoms with Gasteiger partial charge >= 0.3 is 5.97 Å². The van der Waals surface area contributed by atoms with Gasteiger partial charge in [0.15, 0.2) is 0 Å². The van der Waals surface area contributed by atoms with E-state index in [4.69, 9.17) is 5.11 Å². The number of aliphatic carboxylic acids is 1. The average Bonchev–Trinajstić information content (AvgIpc) is 2.77. The minimum absolute atomic E-state index is 0.584. The Kier molecular flexibility index (Phi) is 3.01. The highest BCUT2D eigenvalue weighted by Crippen LogP contribution is 2.50. The normalized spacial score (nSPS) is 37.9. The van der Waals surface area contributed by atoms with Crippen LogP contribution in [0.4, 0.5) is 0 Å². The summed E-state index contributed by atoms with van der Waals surface area (Å²) in [5, 5.41) is 18.6. The molecule has 0 aromatic rings. The molecule has 0 aromatic carbocycles. The van der Waals surface area contributed by atoms with Gasteiger partial charge in [0, 0.05) is 0 Å². The van der Waals surface area contributed by atoms with Gasteiger partial charge in [0.25, 0.3) is 0 Å². The lowest BCUT2D eigenvalue weighted by atomic mass is 9.82. The summed E-state index contributed by atoms with van der Waals surface area (Å²) in [5.74, 6) is 0.716. The third-order valence-electron chi connectivity index (χ3n) is 4.40. The number of aliphatic hydroxyl groups is 1. The molecule has 2 rings (SSSR count). The van der Waals surface area contributed by atoms with Crippen LogP contribution in [0.2, 0.25) is 0 Å². The van der Waals surface area contributed by atoms with E-state index in [1.807, 2.05) is 0 Å². The van der Waals surface area contributed by atoms with E-state index in [-0.39, 0.29) is 0 Å². The molecule has 15 heavy (non-hydrogen) atoms. The van der Waals surface area contributed by atoms with E-state index in [1.165, 1.54) is 25.7 Å². The first kappa shape index (κ1) is 10.9. The molecule has 0 spiro atoms. The Bertz CT molecular complexity index is 251. The van der Waals surface area contributed by atoms with Crippen molar-refractivity contribution < 1.29 is 15.0 Å². The number of rotatable bonds is 4. The highest BCUT2D eigenvalue weighted by Gasteiger charge is 2.40. The van der Waals surface area contributed by atoms with Crippen molar-refractivity contribution in [3.8, 4) is 0 Å².